The first-order valence-electron chi connectivity index (χ1n) is 5.66. The maximum atomic E-state index is 12.4. The van der Waals surface area contributed by atoms with Gasteiger partial charge < -0.3 is 5.32 Å². The van der Waals surface area contributed by atoms with Crippen LogP contribution in [0.4, 0.5) is 13.2 Å². The Kier molecular flexibility index (Phi) is 4.69. The van der Waals surface area contributed by atoms with Crippen molar-refractivity contribution in [1.82, 2.24) is 5.32 Å². The summed E-state index contributed by atoms with van der Waals surface area (Å²) in [6, 6.07) is 4.09. The lowest BCUT2D eigenvalue weighted by Crippen LogP contribution is -2.27. The quantitative estimate of drug-likeness (QED) is 0.857. The van der Waals surface area contributed by atoms with Crippen LogP contribution in [0.5, 0.6) is 0 Å². The number of ketones is 1. The molecule has 0 bridgehead atoms. The second-order valence-corrected chi connectivity index (χ2v) is 4.29. The zero-order chi connectivity index (χ0) is 14.6. The molecule has 0 saturated heterocycles. The Bertz CT molecular complexity index is 466. The van der Waals surface area contributed by atoms with E-state index in [0.29, 0.717) is 5.56 Å². The predicted octanol–water partition coefficient (Wildman–Crippen LogP) is 2.86. The van der Waals surface area contributed by atoms with Crippen LogP contribution in [0.25, 0.3) is 0 Å². The molecule has 1 rings (SSSR count). The lowest BCUT2D eigenvalue weighted by Gasteiger charge is -2.15. The Balaban J connectivity index is 2.70. The number of amides is 1. The fourth-order valence-corrected chi connectivity index (χ4v) is 1.56. The van der Waals surface area contributed by atoms with E-state index in [0.717, 1.165) is 12.1 Å². The molecule has 3 nitrogen and oxygen atoms in total. The van der Waals surface area contributed by atoms with Crippen molar-refractivity contribution in [2.75, 3.05) is 0 Å². The minimum Gasteiger partial charge on any atom is -0.349 e. The number of rotatable bonds is 4. The highest BCUT2D eigenvalue weighted by atomic mass is 19.4. The largest absolute Gasteiger partial charge is 0.416 e. The maximum Gasteiger partial charge on any atom is 0.416 e. The average Bonchev–Trinajstić information content (AvgIpc) is 2.26. The molecular formula is C13H14F3NO2. The van der Waals surface area contributed by atoms with Gasteiger partial charge in [0.2, 0.25) is 5.91 Å². The first-order chi connectivity index (χ1) is 8.70. The lowest BCUT2D eigenvalue weighted by atomic mass is 10.1. The first kappa shape index (κ1) is 15.2. The number of carbonyl (C=O) groups excluding carboxylic acids is 2. The van der Waals surface area contributed by atoms with E-state index >= 15 is 0 Å². The molecule has 0 aromatic heterocycles. The molecule has 0 aliphatic rings. The Hall–Kier alpha value is -1.85. The molecule has 0 saturated carbocycles. The van der Waals surface area contributed by atoms with Crippen LogP contribution in [0, 0.1) is 0 Å². The number of benzene rings is 1. The molecule has 1 aromatic rings. The van der Waals surface area contributed by atoms with Gasteiger partial charge in [-0.1, -0.05) is 12.1 Å². The summed E-state index contributed by atoms with van der Waals surface area (Å²) in [5.74, 6) is -0.711. The highest BCUT2D eigenvalue weighted by Crippen LogP contribution is 2.29. The molecule has 104 valence electrons. The predicted molar refractivity (Wildman–Crippen MR) is 63.3 cm³/mol. The number of alkyl halides is 3. The average molecular weight is 273 g/mol. The van der Waals surface area contributed by atoms with Gasteiger partial charge in [-0.25, -0.2) is 0 Å². The van der Waals surface area contributed by atoms with Crippen LogP contribution in [0.1, 0.15) is 37.4 Å². The number of carbonyl (C=O) groups is 2. The summed E-state index contributed by atoms with van der Waals surface area (Å²) in [6.45, 7) is 2.93. The summed E-state index contributed by atoms with van der Waals surface area (Å²) in [5, 5.41) is 2.54. The van der Waals surface area contributed by atoms with Crippen molar-refractivity contribution >= 4 is 11.7 Å². The Labute approximate surface area is 108 Å². The zero-order valence-electron chi connectivity index (χ0n) is 10.5. The van der Waals surface area contributed by atoms with Crippen molar-refractivity contribution in [2.45, 2.75) is 32.5 Å². The van der Waals surface area contributed by atoms with Gasteiger partial charge in [0.25, 0.3) is 0 Å². The van der Waals surface area contributed by atoms with Gasteiger partial charge in [0, 0.05) is 0 Å². The minimum absolute atomic E-state index is 0.231. The van der Waals surface area contributed by atoms with Crippen molar-refractivity contribution in [2.24, 2.45) is 0 Å². The first-order valence-corrected chi connectivity index (χ1v) is 5.66. The van der Waals surface area contributed by atoms with E-state index in [1.54, 1.807) is 6.92 Å². The molecular weight excluding hydrogens is 259 g/mol. The van der Waals surface area contributed by atoms with Gasteiger partial charge in [-0.2, -0.15) is 13.2 Å². The molecule has 1 atom stereocenters. The van der Waals surface area contributed by atoms with Gasteiger partial charge >= 0.3 is 6.18 Å². The molecule has 0 fully saturated rings. The molecule has 0 heterocycles. The molecule has 0 radical (unpaired) electrons. The normalized spacial score (nSPS) is 12.9. The summed E-state index contributed by atoms with van der Waals surface area (Å²) in [6.07, 6.45) is -4.61. The van der Waals surface area contributed by atoms with Crippen molar-refractivity contribution in [3.63, 3.8) is 0 Å². The summed E-state index contributed by atoms with van der Waals surface area (Å²) in [4.78, 5) is 22.1. The third kappa shape index (κ3) is 4.73. The molecule has 1 N–H and O–H groups in total. The van der Waals surface area contributed by atoms with Crippen LogP contribution in [-0.4, -0.2) is 11.7 Å². The fraction of sp³-hybridized carbons (Fsp3) is 0.385. The molecule has 0 aliphatic carbocycles. The Morgan fingerprint density at radius 2 is 1.74 bits per heavy atom. The van der Waals surface area contributed by atoms with Gasteiger partial charge in [-0.15, -0.1) is 0 Å². The summed E-state index contributed by atoms with van der Waals surface area (Å²) >= 11 is 0. The van der Waals surface area contributed by atoms with E-state index in [9.17, 15) is 22.8 Å². The van der Waals surface area contributed by atoms with Crippen molar-refractivity contribution in [3.05, 3.63) is 35.4 Å². The van der Waals surface area contributed by atoms with Gasteiger partial charge in [-0.05, 0) is 31.5 Å². The molecule has 1 unspecified atom stereocenters. The highest BCUT2D eigenvalue weighted by Gasteiger charge is 2.30. The summed E-state index contributed by atoms with van der Waals surface area (Å²) in [7, 11) is 0. The molecule has 1 aromatic carbocycles. The number of hydrogen-bond donors (Lipinski definition) is 1. The zero-order valence-corrected chi connectivity index (χ0v) is 10.5. The van der Waals surface area contributed by atoms with Crippen LogP contribution in [0.3, 0.4) is 0 Å². The lowest BCUT2D eigenvalue weighted by molar-refractivity contribution is -0.137. The van der Waals surface area contributed by atoms with Crippen LogP contribution < -0.4 is 5.32 Å². The third-order valence-electron chi connectivity index (χ3n) is 2.53. The molecule has 0 spiro atoms. The van der Waals surface area contributed by atoms with Crippen LogP contribution in [0.2, 0.25) is 0 Å². The van der Waals surface area contributed by atoms with Crippen LogP contribution >= 0.6 is 0 Å². The number of Topliss-reactive ketones (excluding diaryl/α,β-unsaturated/α-hetero) is 1. The molecule has 0 aliphatic heterocycles. The topological polar surface area (TPSA) is 46.2 Å². The van der Waals surface area contributed by atoms with Crippen LogP contribution in [-0.2, 0) is 15.8 Å². The number of nitrogens with one attached hydrogen (secondary N) is 1. The fourth-order valence-electron chi connectivity index (χ4n) is 1.56. The van der Waals surface area contributed by atoms with E-state index in [1.807, 2.05) is 0 Å². The Morgan fingerprint density at radius 1 is 1.21 bits per heavy atom. The summed E-state index contributed by atoms with van der Waals surface area (Å²) in [5.41, 5.74) is -0.191. The molecule has 1 amide bonds. The summed E-state index contributed by atoms with van der Waals surface area (Å²) < 4.78 is 37.1. The Morgan fingerprint density at radius 3 is 2.16 bits per heavy atom. The second kappa shape index (κ2) is 5.86. The van der Waals surface area contributed by atoms with Gasteiger partial charge in [0.1, 0.15) is 5.78 Å². The molecule has 6 heteroatoms. The van der Waals surface area contributed by atoms with Gasteiger partial charge in [0.05, 0.1) is 18.0 Å². The van der Waals surface area contributed by atoms with Crippen molar-refractivity contribution in [3.8, 4) is 0 Å². The minimum atomic E-state index is -4.38. The highest BCUT2D eigenvalue weighted by molar-refractivity contribution is 5.96. The van der Waals surface area contributed by atoms with Crippen molar-refractivity contribution < 1.29 is 22.8 Å². The maximum absolute atomic E-state index is 12.4. The third-order valence-corrected chi connectivity index (χ3v) is 2.53. The standard InChI is InChI=1S/C13H14F3NO2/c1-8(18)7-12(19)17-9(2)10-3-5-11(6-4-10)13(14,15)16/h3-6,9H,7H2,1-2H3,(H,17,19). The molecule has 19 heavy (non-hydrogen) atoms. The van der Waals surface area contributed by atoms with E-state index < -0.39 is 23.7 Å². The SMILES string of the molecule is CC(=O)CC(=O)NC(C)c1ccc(C(F)(F)F)cc1. The van der Waals surface area contributed by atoms with E-state index in [4.69, 9.17) is 0 Å². The number of hydrogen-bond acceptors (Lipinski definition) is 2. The van der Waals surface area contributed by atoms with E-state index in [-0.39, 0.29) is 12.2 Å². The van der Waals surface area contributed by atoms with E-state index in [1.165, 1.54) is 19.1 Å². The van der Waals surface area contributed by atoms with Crippen molar-refractivity contribution in [1.29, 1.82) is 0 Å². The monoisotopic (exact) mass is 273 g/mol. The number of halogens is 3. The van der Waals surface area contributed by atoms with Gasteiger partial charge in [-0.3, -0.25) is 9.59 Å². The van der Waals surface area contributed by atoms with Crippen LogP contribution in [0.15, 0.2) is 24.3 Å². The van der Waals surface area contributed by atoms with E-state index in [2.05, 4.69) is 5.32 Å². The second-order valence-electron chi connectivity index (χ2n) is 4.29. The van der Waals surface area contributed by atoms with Gasteiger partial charge in [0.15, 0.2) is 0 Å². The smallest absolute Gasteiger partial charge is 0.349 e.